The largest absolute Gasteiger partial charge is 0.503 e. The van der Waals surface area contributed by atoms with Gasteiger partial charge < -0.3 is 14.4 Å². The van der Waals surface area contributed by atoms with Crippen molar-refractivity contribution in [1.29, 1.82) is 0 Å². The summed E-state index contributed by atoms with van der Waals surface area (Å²) in [7, 11) is 0. The summed E-state index contributed by atoms with van der Waals surface area (Å²) < 4.78 is 5.71. The number of aliphatic hydroxyl groups excluding tert-OH is 1. The fourth-order valence-corrected chi connectivity index (χ4v) is 4.08. The Hall–Kier alpha value is -3.05. The van der Waals surface area contributed by atoms with E-state index in [4.69, 9.17) is 16.0 Å². The molecule has 0 spiro atoms. The Bertz CT molecular complexity index is 1160. The van der Waals surface area contributed by atoms with Gasteiger partial charge in [0.1, 0.15) is 5.58 Å². The van der Waals surface area contributed by atoms with E-state index in [1.165, 1.54) is 0 Å². The van der Waals surface area contributed by atoms with Crippen molar-refractivity contribution in [3.05, 3.63) is 81.8 Å². The second-order valence-corrected chi connectivity index (χ2v) is 7.82. The van der Waals surface area contributed by atoms with Crippen LogP contribution in [0.15, 0.2) is 64.3 Å². The van der Waals surface area contributed by atoms with E-state index in [1.807, 2.05) is 31.2 Å². The molecule has 1 aromatic heterocycles. The molecule has 1 unspecified atom stereocenters. The molecule has 0 fully saturated rings. The summed E-state index contributed by atoms with van der Waals surface area (Å²) in [5.74, 6) is -1.49. The average Bonchev–Trinajstić information content (AvgIpc) is 3.28. The highest BCUT2D eigenvalue weighted by Gasteiger charge is 2.44. The lowest BCUT2D eigenvalue weighted by molar-refractivity contribution is -0.129. The Kier molecular flexibility index (Phi) is 5.39. The molecule has 2 heterocycles. The Morgan fingerprint density at radius 2 is 1.87 bits per heavy atom. The molecule has 0 bridgehead atoms. The third-order valence-electron chi connectivity index (χ3n) is 5.42. The fourth-order valence-electron chi connectivity index (χ4n) is 3.90. The van der Waals surface area contributed by atoms with Gasteiger partial charge in [0, 0.05) is 17.0 Å². The van der Waals surface area contributed by atoms with Gasteiger partial charge in [0.05, 0.1) is 11.6 Å². The summed E-state index contributed by atoms with van der Waals surface area (Å²) in [5.41, 5.74) is 2.49. The molecule has 30 heavy (non-hydrogen) atoms. The van der Waals surface area contributed by atoms with E-state index < -0.39 is 23.5 Å². The van der Waals surface area contributed by atoms with E-state index in [2.05, 4.69) is 6.92 Å². The average molecular weight is 424 g/mol. The minimum absolute atomic E-state index is 0.0443. The number of amides is 1. The summed E-state index contributed by atoms with van der Waals surface area (Å²) in [6.07, 6.45) is 1.59. The van der Waals surface area contributed by atoms with E-state index in [1.54, 1.807) is 29.2 Å². The molecule has 3 aromatic rings. The van der Waals surface area contributed by atoms with Crippen molar-refractivity contribution in [1.82, 2.24) is 4.90 Å². The minimum atomic E-state index is -0.660. The number of carbonyl (C=O) groups is 2. The van der Waals surface area contributed by atoms with Crippen molar-refractivity contribution < 1.29 is 19.1 Å². The van der Waals surface area contributed by atoms with Gasteiger partial charge in [0.2, 0.25) is 5.78 Å². The molecule has 0 saturated heterocycles. The summed E-state index contributed by atoms with van der Waals surface area (Å²) in [4.78, 5) is 27.7. The summed E-state index contributed by atoms with van der Waals surface area (Å²) in [6.45, 7) is 4.44. The lowest BCUT2D eigenvalue weighted by Crippen LogP contribution is -2.31. The van der Waals surface area contributed by atoms with Gasteiger partial charge in [-0.3, -0.25) is 9.59 Å². The van der Waals surface area contributed by atoms with Gasteiger partial charge in [-0.15, -0.1) is 0 Å². The smallest absolute Gasteiger partial charge is 0.290 e. The number of carbonyl (C=O) groups excluding carboxylic acids is 2. The van der Waals surface area contributed by atoms with Gasteiger partial charge >= 0.3 is 0 Å². The number of rotatable bonds is 6. The van der Waals surface area contributed by atoms with E-state index in [0.29, 0.717) is 29.0 Å². The van der Waals surface area contributed by atoms with E-state index >= 15 is 0 Å². The molecular weight excluding hydrogens is 402 g/mol. The van der Waals surface area contributed by atoms with Crippen molar-refractivity contribution >= 4 is 34.3 Å². The maximum Gasteiger partial charge on any atom is 0.290 e. The summed E-state index contributed by atoms with van der Waals surface area (Å²) >= 11 is 6.03. The van der Waals surface area contributed by atoms with Crippen molar-refractivity contribution in [2.75, 3.05) is 6.54 Å². The Labute approximate surface area is 179 Å². The number of ketones is 1. The van der Waals surface area contributed by atoms with Gasteiger partial charge in [0.25, 0.3) is 5.91 Å². The standard InChI is InChI=1S/C24H22ClNO4/c1-3-11-26-21(15-7-5-14(4-2)6-8-15)20(23(28)24(26)29)22(27)19-13-16-12-17(25)9-10-18(16)30-19/h5-10,12-13,21,28H,3-4,11H2,1-2H3. The first kappa shape index (κ1) is 20.2. The summed E-state index contributed by atoms with van der Waals surface area (Å²) in [5, 5.41) is 11.9. The van der Waals surface area contributed by atoms with Crippen LogP contribution in [0.2, 0.25) is 5.02 Å². The van der Waals surface area contributed by atoms with Gasteiger partial charge in [0.15, 0.2) is 11.5 Å². The van der Waals surface area contributed by atoms with Gasteiger partial charge in [-0.1, -0.05) is 49.7 Å². The lowest BCUT2D eigenvalue weighted by atomic mass is 9.94. The van der Waals surface area contributed by atoms with Crippen molar-refractivity contribution in [2.45, 2.75) is 32.7 Å². The molecule has 0 aliphatic carbocycles. The zero-order valence-corrected chi connectivity index (χ0v) is 17.6. The van der Waals surface area contributed by atoms with Crippen LogP contribution in [0.1, 0.15) is 48.0 Å². The molecule has 1 aliphatic rings. The predicted molar refractivity (Wildman–Crippen MR) is 116 cm³/mol. The molecule has 154 valence electrons. The quantitative estimate of drug-likeness (QED) is 0.521. The SMILES string of the molecule is CCCN1C(=O)C(O)=C(C(=O)c2cc3cc(Cl)ccc3o2)C1c1ccc(CC)cc1. The highest BCUT2D eigenvalue weighted by Crippen LogP contribution is 2.39. The third-order valence-corrected chi connectivity index (χ3v) is 5.65. The van der Waals surface area contributed by atoms with Crippen LogP contribution in [0.4, 0.5) is 0 Å². The van der Waals surface area contributed by atoms with E-state index in [0.717, 1.165) is 17.5 Å². The number of hydrogen-bond acceptors (Lipinski definition) is 4. The zero-order chi connectivity index (χ0) is 21.4. The number of fused-ring (bicyclic) bond motifs is 1. The normalized spacial score (nSPS) is 16.7. The monoisotopic (exact) mass is 423 g/mol. The molecule has 4 rings (SSSR count). The predicted octanol–water partition coefficient (Wildman–Crippen LogP) is 5.64. The Morgan fingerprint density at radius 3 is 2.53 bits per heavy atom. The van der Waals surface area contributed by atoms with Crippen LogP contribution >= 0.6 is 11.6 Å². The maximum absolute atomic E-state index is 13.4. The highest BCUT2D eigenvalue weighted by atomic mass is 35.5. The number of aryl methyl sites for hydroxylation is 1. The number of hydrogen-bond donors (Lipinski definition) is 1. The molecule has 0 radical (unpaired) electrons. The molecule has 2 aromatic carbocycles. The molecule has 1 aliphatic heterocycles. The molecule has 5 nitrogen and oxygen atoms in total. The van der Waals surface area contributed by atoms with Crippen molar-refractivity contribution in [3.63, 3.8) is 0 Å². The van der Waals surface area contributed by atoms with Gasteiger partial charge in [-0.05, 0) is 48.2 Å². The second-order valence-electron chi connectivity index (χ2n) is 7.38. The van der Waals surface area contributed by atoms with Crippen molar-refractivity contribution in [3.8, 4) is 0 Å². The highest BCUT2D eigenvalue weighted by molar-refractivity contribution is 6.31. The number of benzene rings is 2. The number of Topliss-reactive ketones (excluding diaryl/α,β-unsaturated/α-hetero) is 1. The molecular formula is C24H22ClNO4. The molecule has 1 N–H and O–H groups in total. The molecule has 1 amide bonds. The van der Waals surface area contributed by atoms with Crippen molar-refractivity contribution in [2.24, 2.45) is 0 Å². The van der Waals surface area contributed by atoms with Gasteiger partial charge in [-0.25, -0.2) is 0 Å². The number of nitrogens with zero attached hydrogens (tertiary/aromatic N) is 1. The minimum Gasteiger partial charge on any atom is -0.503 e. The second kappa shape index (κ2) is 8.00. The number of halogens is 1. The van der Waals surface area contributed by atoms with Crippen LogP contribution in [0, 0.1) is 0 Å². The van der Waals surface area contributed by atoms with Crippen LogP contribution in [0.25, 0.3) is 11.0 Å². The van der Waals surface area contributed by atoms with Crippen LogP contribution in [-0.4, -0.2) is 28.2 Å². The first-order chi connectivity index (χ1) is 14.4. The molecule has 0 saturated carbocycles. The lowest BCUT2D eigenvalue weighted by Gasteiger charge is -2.26. The third kappa shape index (κ3) is 3.39. The summed E-state index contributed by atoms with van der Waals surface area (Å²) in [6, 6.07) is 13.8. The van der Waals surface area contributed by atoms with Crippen LogP contribution in [-0.2, 0) is 11.2 Å². The number of furan rings is 1. The first-order valence-electron chi connectivity index (χ1n) is 10.0. The van der Waals surface area contributed by atoms with Crippen LogP contribution in [0.5, 0.6) is 0 Å². The number of aliphatic hydroxyl groups is 1. The Balaban J connectivity index is 1.80. The van der Waals surface area contributed by atoms with E-state index in [-0.39, 0.29) is 11.3 Å². The fraction of sp³-hybridized carbons (Fsp3) is 0.250. The molecule has 1 atom stereocenters. The zero-order valence-electron chi connectivity index (χ0n) is 16.8. The van der Waals surface area contributed by atoms with Crippen LogP contribution in [0.3, 0.4) is 0 Å². The van der Waals surface area contributed by atoms with E-state index in [9.17, 15) is 14.7 Å². The first-order valence-corrected chi connectivity index (χ1v) is 10.4. The maximum atomic E-state index is 13.4. The molecule has 6 heteroatoms. The van der Waals surface area contributed by atoms with Crippen LogP contribution < -0.4 is 0 Å². The topological polar surface area (TPSA) is 70.8 Å². The van der Waals surface area contributed by atoms with Gasteiger partial charge in [-0.2, -0.15) is 0 Å². The Morgan fingerprint density at radius 1 is 1.13 bits per heavy atom.